The average Bonchev–Trinajstić information content (AvgIpc) is 2.96. The van der Waals surface area contributed by atoms with Crippen molar-refractivity contribution in [1.29, 1.82) is 0 Å². The first-order chi connectivity index (χ1) is 9.66. The average molecular weight is 295 g/mol. The molecular formula is C17H27ClN2. The second kappa shape index (κ2) is 8.02. The van der Waals surface area contributed by atoms with Gasteiger partial charge in [-0.05, 0) is 57.0 Å². The van der Waals surface area contributed by atoms with Gasteiger partial charge in [0.2, 0.25) is 0 Å². The van der Waals surface area contributed by atoms with Crippen LogP contribution in [0, 0.1) is 5.92 Å². The van der Waals surface area contributed by atoms with E-state index in [-0.39, 0.29) is 0 Å². The number of rotatable bonds is 7. The van der Waals surface area contributed by atoms with E-state index in [1.807, 2.05) is 12.1 Å². The summed E-state index contributed by atoms with van der Waals surface area (Å²) in [6, 6.07) is 8.62. The summed E-state index contributed by atoms with van der Waals surface area (Å²) in [6.45, 7) is 5.60. The Bertz CT molecular complexity index is 384. The van der Waals surface area contributed by atoms with Crippen LogP contribution in [0.5, 0.6) is 0 Å². The van der Waals surface area contributed by atoms with Gasteiger partial charge in [0, 0.05) is 24.2 Å². The molecule has 112 valence electrons. The van der Waals surface area contributed by atoms with Crippen LogP contribution in [0.2, 0.25) is 5.02 Å². The van der Waals surface area contributed by atoms with E-state index in [1.165, 1.54) is 37.8 Å². The van der Waals surface area contributed by atoms with Crippen LogP contribution in [-0.4, -0.2) is 31.6 Å². The molecule has 0 saturated heterocycles. The highest BCUT2D eigenvalue weighted by Gasteiger charge is 2.15. The SMILES string of the molecule is CC(c1ccc(Cl)cc1)N(C)CCNCC1CCCC1. The number of hydrogen-bond acceptors (Lipinski definition) is 2. The Balaban J connectivity index is 1.68. The lowest BCUT2D eigenvalue weighted by molar-refractivity contribution is 0.259. The number of hydrogen-bond donors (Lipinski definition) is 1. The van der Waals surface area contributed by atoms with Gasteiger partial charge in [0.15, 0.2) is 0 Å². The fraction of sp³-hybridized carbons (Fsp3) is 0.647. The fourth-order valence-electron chi connectivity index (χ4n) is 2.97. The standard InChI is InChI=1S/C17H27ClN2/c1-14(16-7-9-17(18)10-8-16)20(2)12-11-19-13-15-5-3-4-6-15/h7-10,14-15,19H,3-6,11-13H2,1-2H3. The quantitative estimate of drug-likeness (QED) is 0.761. The molecule has 0 aromatic heterocycles. The predicted octanol–water partition coefficient (Wildman–Crippen LogP) is 4.11. The zero-order valence-electron chi connectivity index (χ0n) is 12.7. The molecule has 20 heavy (non-hydrogen) atoms. The van der Waals surface area contributed by atoms with Gasteiger partial charge in [0.05, 0.1) is 0 Å². The van der Waals surface area contributed by atoms with E-state index in [0.29, 0.717) is 6.04 Å². The maximum atomic E-state index is 5.94. The summed E-state index contributed by atoms with van der Waals surface area (Å²) in [4.78, 5) is 2.39. The molecular weight excluding hydrogens is 268 g/mol. The molecule has 1 unspecified atom stereocenters. The van der Waals surface area contributed by atoms with Crippen molar-refractivity contribution in [3.8, 4) is 0 Å². The largest absolute Gasteiger partial charge is 0.315 e. The molecule has 1 aliphatic carbocycles. The molecule has 1 fully saturated rings. The summed E-state index contributed by atoms with van der Waals surface area (Å²) in [7, 11) is 2.19. The predicted molar refractivity (Wildman–Crippen MR) is 87.3 cm³/mol. The van der Waals surface area contributed by atoms with Gasteiger partial charge in [-0.2, -0.15) is 0 Å². The van der Waals surface area contributed by atoms with Crippen LogP contribution in [0.1, 0.15) is 44.2 Å². The van der Waals surface area contributed by atoms with Crippen LogP contribution in [0.15, 0.2) is 24.3 Å². The number of nitrogens with one attached hydrogen (secondary N) is 1. The minimum atomic E-state index is 0.431. The molecule has 1 atom stereocenters. The van der Waals surface area contributed by atoms with Gasteiger partial charge in [-0.25, -0.2) is 0 Å². The molecule has 0 spiro atoms. The number of benzene rings is 1. The molecule has 1 aromatic carbocycles. The number of halogens is 1. The maximum Gasteiger partial charge on any atom is 0.0406 e. The second-order valence-corrected chi connectivity index (χ2v) is 6.50. The monoisotopic (exact) mass is 294 g/mol. The van der Waals surface area contributed by atoms with E-state index < -0.39 is 0 Å². The summed E-state index contributed by atoms with van der Waals surface area (Å²) >= 11 is 5.94. The van der Waals surface area contributed by atoms with E-state index in [2.05, 4.69) is 36.3 Å². The first-order valence-electron chi connectivity index (χ1n) is 7.83. The van der Waals surface area contributed by atoms with Crippen molar-refractivity contribution >= 4 is 11.6 Å². The normalized spacial score (nSPS) is 17.8. The lowest BCUT2D eigenvalue weighted by atomic mass is 10.1. The Labute approximate surface area is 128 Å². The van der Waals surface area contributed by atoms with Crippen LogP contribution in [-0.2, 0) is 0 Å². The highest BCUT2D eigenvalue weighted by atomic mass is 35.5. The van der Waals surface area contributed by atoms with Crippen molar-refractivity contribution in [3.05, 3.63) is 34.9 Å². The van der Waals surface area contributed by atoms with Crippen LogP contribution in [0.3, 0.4) is 0 Å². The molecule has 0 aliphatic heterocycles. The van der Waals surface area contributed by atoms with Crippen molar-refractivity contribution in [1.82, 2.24) is 10.2 Å². The summed E-state index contributed by atoms with van der Waals surface area (Å²) in [6.07, 6.45) is 5.70. The molecule has 0 radical (unpaired) electrons. The maximum absolute atomic E-state index is 5.94. The molecule has 2 rings (SSSR count). The lowest BCUT2D eigenvalue weighted by Gasteiger charge is -2.25. The first kappa shape index (κ1) is 15.8. The van der Waals surface area contributed by atoms with Gasteiger partial charge < -0.3 is 5.32 Å². The van der Waals surface area contributed by atoms with Gasteiger partial charge in [-0.1, -0.05) is 36.6 Å². The Morgan fingerprint density at radius 1 is 1.25 bits per heavy atom. The molecule has 0 heterocycles. The molecule has 1 aliphatic rings. The Morgan fingerprint density at radius 2 is 1.90 bits per heavy atom. The van der Waals surface area contributed by atoms with E-state index >= 15 is 0 Å². The van der Waals surface area contributed by atoms with E-state index in [9.17, 15) is 0 Å². The highest BCUT2D eigenvalue weighted by molar-refractivity contribution is 6.30. The molecule has 3 heteroatoms. The van der Waals surface area contributed by atoms with Gasteiger partial charge in [0.1, 0.15) is 0 Å². The summed E-state index contributed by atoms with van der Waals surface area (Å²) < 4.78 is 0. The van der Waals surface area contributed by atoms with E-state index in [0.717, 1.165) is 24.0 Å². The molecule has 0 amide bonds. The van der Waals surface area contributed by atoms with Crippen LogP contribution >= 0.6 is 11.6 Å². The third-order valence-corrected chi connectivity index (χ3v) is 4.81. The zero-order chi connectivity index (χ0) is 14.4. The van der Waals surface area contributed by atoms with Crippen LogP contribution in [0.4, 0.5) is 0 Å². The van der Waals surface area contributed by atoms with Crippen molar-refractivity contribution in [2.75, 3.05) is 26.7 Å². The van der Waals surface area contributed by atoms with Crippen molar-refractivity contribution in [2.45, 2.75) is 38.6 Å². The minimum absolute atomic E-state index is 0.431. The zero-order valence-corrected chi connectivity index (χ0v) is 13.5. The van der Waals surface area contributed by atoms with Crippen molar-refractivity contribution in [3.63, 3.8) is 0 Å². The minimum Gasteiger partial charge on any atom is -0.315 e. The van der Waals surface area contributed by atoms with Crippen LogP contribution < -0.4 is 5.32 Å². The van der Waals surface area contributed by atoms with Gasteiger partial charge in [0.25, 0.3) is 0 Å². The van der Waals surface area contributed by atoms with Gasteiger partial charge in [-0.15, -0.1) is 0 Å². The molecule has 1 aromatic rings. The summed E-state index contributed by atoms with van der Waals surface area (Å²) in [5, 5.41) is 4.42. The number of nitrogens with zero attached hydrogens (tertiary/aromatic N) is 1. The van der Waals surface area contributed by atoms with Crippen molar-refractivity contribution < 1.29 is 0 Å². The second-order valence-electron chi connectivity index (χ2n) is 6.06. The molecule has 2 nitrogen and oxygen atoms in total. The van der Waals surface area contributed by atoms with Crippen molar-refractivity contribution in [2.24, 2.45) is 5.92 Å². The van der Waals surface area contributed by atoms with E-state index in [4.69, 9.17) is 11.6 Å². The molecule has 0 bridgehead atoms. The third kappa shape index (κ3) is 4.76. The highest BCUT2D eigenvalue weighted by Crippen LogP contribution is 2.23. The first-order valence-corrected chi connectivity index (χ1v) is 8.21. The Kier molecular flexibility index (Phi) is 6.34. The molecule has 1 N–H and O–H groups in total. The Morgan fingerprint density at radius 3 is 2.55 bits per heavy atom. The fourth-order valence-corrected chi connectivity index (χ4v) is 3.09. The van der Waals surface area contributed by atoms with Gasteiger partial charge >= 0.3 is 0 Å². The van der Waals surface area contributed by atoms with E-state index in [1.54, 1.807) is 0 Å². The van der Waals surface area contributed by atoms with Crippen LogP contribution in [0.25, 0.3) is 0 Å². The summed E-state index contributed by atoms with van der Waals surface area (Å²) in [5.74, 6) is 0.925. The lowest BCUT2D eigenvalue weighted by Crippen LogP contribution is -2.33. The third-order valence-electron chi connectivity index (χ3n) is 4.56. The summed E-state index contributed by atoms with van der Waals surface area (Å²) in [5.41, 5.74) is 1.33. The Hall–Kier alpha value is -0.570. The number of likely N-dealkylation sites (N-methyl/N-ethyl adjacent to an activating group) is 1. The topological polar surface area (TPSA) is 15.3 Å². The smallest absolute Gasteiger partial charge is 0.0406 e. The van der Waals surface area contributed by atoms with Gasteiger partial charge in [-0.3, -0.25) is 4.90 Å². The molecule has 1 saturated carbocycles.